The number of carbonyl (C=O) groups is 2. The van der Waals surface area contributed by atoms with Crippen LogP contribution in [0.5, 0.6) is 0 Å². The number of esters is 1. The van der Waals surface area contributed by atoms with Crippen molar-refractivity contribution in [3.05, 3.63) is 53.2 Å². The van der Waals surface area contributed by atoms with Crippen LogP contribution in [0.3, 0.4) is 0 Å². The van der Waals surface area contributed by atoms with E-state index in [0.717, 1.165) is 5.56 Å². The molecular weight excluding hydrogens is 336 g/mol. The van der Waals surface area contributed by atoms with Crippen LogP contribution >= 0.6 is 11.3 Å². The molecule has 0 aliphatic carbocycles. The van der Waals surface area contributed by atoms with Crippen LogP contribution in [0.15, 0.2) is 36.9 Å². The lowest BCUT2D eigenvalue weighted by molar-refractivity contribution is -0.118. The van der Waals surface area contributed by atoms with Crippen LogP contribution in [-0.4, -0.2) is 23.8 Å². The molecule has 0 N–H and O–H groups in total. The molecule has 0 aliphatic heterocycles. The maximum absolute atomic E-state index is 12.0. The Morgan fingerprint density at radius 2 is 2.04 bits per heavy atom. The van der Waals surface area contributed by atoms with E-state index >= 15 is 0 Å². The molecule has 6 heteroatoms. The number of hydrogen-bond acceptors (Lipinski definition) is 6. The average molecular weight is 354 g/mol. The van der Waals surface area contributed by atoms with Crippen molar-refractivity contribution in [1.29, 1.82) is 5.26 Å². The van der Waals surface area contributed by atoms with Gasteiger partial charge in [-0.25, -0.2) is 9.78 Å². The highest BCUT2D eigenvalue weighted by atomic mass is 32.1. The van der Waals surface area contributed by atoms with Gasteiger partial charge in [0.1, 0.15) is 5.78 Å². The van der Waals surface area contributed by atoms with Crippen LogP contribution in [0.4, 0.5) is 0 Å². The molecule has 1 heterocycles. The number of aryl methyl sites for hydroxylation is 1. The van der Waals surface area contributed by atoms with Crippen molar-refractivity contribution in [3.63, 3.8) is 0 Å². The van der Waals surface area contributed by atoms with Crippen LogP contribution < -0.4 is 0 Å². The van der Waals surface area contributed by atoms with Gasteiger partial charge in [-0.05, 0) is 24.1 Å². The molecule has 0 bridgehead atoms. The van der Waals surface area contributed by atoms with Crippen molar-refractivity contribution in [2.75, 3.05) is 7.11 Å². The Hall–Kier alpha value is -2.78. The van der Waals surface area contributed by atoms with Crippen LogP contribution in [0.2, 0.25) is 0 Å². The fraction of sp³-hybridized carbons (Fsp3) is 0.263. The molecular formula is C19H18N2O3S. The van der Waals surface area contributed by atoms with E-state index in [1.54, 1.807) is 30.3 Å². The number of allylic oxidation sites excluding steroid dienone is 1. The minimum atomic E-state index is -0.514. The number of ether oxygens (including phenoxy) is 1. The maximum atomic E-state index is 12.0. The molecule has 0 radical (unpaired) electrons. The number of nitrogens with zero attached hydrogens (tertiary/aromatic N) is 2. The number of methoxy groups -OCH3 is 1. The van der Waals surface area contributed by atoms with Crippen LogP contribution in [0, 0.1) is 11.3 Å². The Morgan fingerprint density at radius 3 is 2.64 bits per heavy atom. The van der Waals surface area contributed by atoms with E-state index in [0.29, 0.717) is 41.1 Å². The van der Waals surface area contributed by atoms with Gasteiger partial charge >= 0.3 is 5.97 Å². The van der Waals surface area contributed by atoms with Crippen molar-refractivity contribution < 1.29 is 14.3 Å². The van der Waals surface area contributed by atoms with Gasteiger partial charge in [0.25, 0.3) is 0 Å². The standard InChI is InChI=1S/C19H18N2O3S/c1-3-4-5-15(22)10-11-16-21-17(19(23)24-2)18(25-16)14-8-6-13(12-20)7-9-14/h3,6-9H,1,4-5,10-11H2,2H3. The molecule has 0 unspecified atom stereocenters. The van der Waals surface area contributed by atoms with Crippen molar-refractivity contribution in [3.8, 4) is 16.5 Å². The molecule has 0 spiro atoms. The number of aromatic nitrogens is 1. The molecule has 128 valence electrons. The molecule has 2 aromatic rings. The molecule has 0 aliphatic rings. The molecule has 0 saturated carbocycles. The molecule has 0 saturated heterocycles. The number of Topliss-reactive ketones (excluding diaryl/α,β-unsaturated/α-hetero) is 1. The van der Waals surface area contributed by atoms with Crippen molar-refractivity contribution >= 4 is 23.1 Å². The number of ketones is 1. The van der Waals surface area contributed by atoms with Gasteiger partial charge in [0, 0.05) is 19.3 Å². The summed E-state index contributed by atoms with van der Waals surface area (Å²) in [7, 11) is 1.31. The smallest absolute Gasteiger partial charge is 0.358 e. The number of benzene rings is 1. The summed E-state index contributed by atoms with van der Waals surface area (Å²) >= 11 is 1.37. The summed E-state index contributed by atoms with van der Waals surface area (Å²) < 4.78 is 4.81. The highest BCUT2D eigenvalue weighted by Gasteiger charge is 2.20. The second-order valence-corrected chi connectivity index (χ2v) is 6.42. The van der Waals surface area contributed by atoms with Crippen molar-refractivity contribution in [2.45, 2.75) is 25.7 Å². The molecule has 0 fully saturated rings. The van der Waals surface area contributed by atoms with Gasteiger partial charge < -0.3 is 4.74 Å². The lowest BCUT2D eigenvalue weighted by atomic mass is 10.1. The molecule has 0 atom stereocenters. The normalized spacial score (nSPS) is 10.1. The minimum Gasteiger partial charge on any atom is -0.464 e. The Balaban J connectivity index is 2.24. The number of nitriles is 1. The van der Waals surface area contributed by atoms with Crippen molar-refractivity contribution in [1.82, 2.24) is 4.98 Å². The zero-order chi connectivity index (χ0) is 18.2. The first-order chi connectivity index (χ1) is 12.1. The number of thiazole rings is 1. The first kappa shape index (κ1) is 18.6. The molecule has 1 aromatic heterocycles. The maximum Gasteiger partial charge on any atom is 0.358 e. The SMILES string of the molecule is C=CCCC(=O)CCc1nc(C(=O)OC)c(-c2ccc(C#N)cc2)s1. The van der Waals surface area contributed by atoms with Gasteiger partial charge in [-0.15, -0.1) is 17.9 Å². The number of hydrogen-bond donors (Lipinski definition) is 0. The third-order valence-electron chi connectivity index (χ3n) is 3.57. The molecule has 0 amide bonds. The van der Waals surface area contributed by atoms with Crippen LogP contribution in [-0.2, 0) is 16.0 Å². The van der Waals surface area contributed by atoms with E-state index in [-0.39, 0.29) is 11.5 Å². The van der Waals surface area contributed by atoms with Crippen LogP contribution in [0.25, 0.3) is 10.4 Å². The summed E-state index contributed by atoms with van der Waals surface area (Å²) in [4.78, 5) is 28.9. The van der Waals surface area contributed by atoms with Gasteiger partial charge in [-0.3, -0.25) is 4.79 Å². The number of carbonyl (C=O) groups excluding carboxylic acids is 2. The monoisotopic (exact) mass is 354 g/mol. The predicted molar refractivity (Wildman–Crippen MR) is 96.4 cm³/mol. The van der Waals surface area contributed by atoms with E-state index in [2.05, 4.69) is 17.6 Å². The second kappa shape index (κ2) is 8.90. The topological polar surface area (TPSA) is 80.1 Å². The van der Waals surface area contributed by atoms with Gasteiger partial charge in [0.15, 0.2) is 5.69 Å². The predicted octanol–water partition coefficient (Wildman–Crippen LogP) is 3.94. The summed E-state index contributed by atoms with van der Waals surface area (Å²) in [5.41, 5.74) is 1.58. The molecule has 1 aromatic carbocycles. The Kier molecular flexibility index (Phi) is 6.61. The van der Waals surface area contributed by atoms with Gasteiger partial charge in [-0.1, -0.05) is 18.2 Å². The highest BCUT2D eigenvalue weighted by molar-refractivity contribution is 7.15. The summed E-state index contributed by atoms with van der Waals surface area (Å²) in [5, 5.41) is 9.61. The Bertz CT molecular complexity index is 816. The Labute approximate surface area is 150 Å². The Morgan fingerprint density at radius 1 is 1.32 bits per heavy atom. The first-order valence-corrected chi connectivity index (χ1v) is 8.61. The van der Waals surface area contributed by atoms with Crippen molar-refractivity contribution in [2.24, 2.45) is 0 Å². The largest absolute Gasteiger partial charge is 0.464 e. The van der Waals surface area contributed by atoms with Gasteiger partial charge in [0.05, 0.1) is 28.6 Å². The van der Waals surface area contributed by atoms with Gasteiger partial charge in [0.2, 0.25) is 0 Å². The second-order valence-electron chi connectivity index (χ2n) is 5.33. The molecule has 25 heavy (non-hydrogen) atoms. The quantitative estimate of drug-likeness (QED) is 0.530. The zero-order valence-electron chi connectivity index (χ0n) is 13.9. The summed E-state index contributed by atoms with van der Waals surface area (Å²) in [6.07, 6.45) is 3.73. The third-order valence-corrected chi connectivity index (χ3v) is 4.74. The van der Waals surface area contributed by atoms with E-state index in [9.17, 15) is 9.59 Å². The van der Waals surface area contributed by atoms with E-state index < -0.39 is 5.97 Å². The fourth-order valence-electron chi connectivity index (χ4n) is 2.23. The minimum absolute atomic E-state index is 0.148. The van der Waals surface area contributed by atoms with Gasteiger partial charge in [-0.2, -0.15) is 5.26 Å². The average Bonchev–Trinajstić information content (AvgIpc) is 3.08. The lowest BCUT2D eigenvalue weighted by Crippen LogP contribution is -2.04. The van der Waals surface area contributed by atoms with E-state index in [1.807, 2.05) is 0 Å². The number of rotatable bonds is 8. The third kappa shape index (κ3) is 4.85. The molecule has 2 rings (SSSR count). The summed E-state index contributed by atoms with van der Waals surface area (Å²) in [6, 6.07) is 8.99. The summed E-state index contributed by atoms with van der Waals surface area (Å²) in [6.45, 7) is 3.61. The highest BCUT2D eigenvalue weighted by Crippen LogP contribution is 2.31. The summed E-state index contributed by atoms with van der Waals surface area (Å²) in [5.74, 6) is -0.366. The molecule has 5 nitrogen and oxygen atoms in total. The van der Waals surface area contributed by atoms with Crippen LogP contribution in [0.1, 0.15) is 40.3 Å². The lowest BCUT2D eigenvalue weighted by Gasteiger charge is -2.00. The van der Waals surface area contributed by atoms with E-state index in [4.69, 9.17) is 10.00 Å². The zero-order valence-corrected chi connectivity index (χ0v) is 14.8. The fourth-order valence-corrected chi connectivity index (χ4v) is 3.29. The van der Waals surface area contributed by atoms with E-state index in [1.165, 1.54) is 18.4 Å². The first-order valence-electron chi connectivity index (χ1n) is 7.80.